The number of aromatic nitrogens is 3. The number of halogens is 2. The van der Waals surface area contributed by atoms with Gasteiger partial charge in [-0.1, -0.05) is 29.8 Å². The maximum atomic E-state index is 14.6. The number of hydrogen-bond donors (Lipinski definition) is 1. The van der Waals surface area contributed by atoms with Gasteiger partial charge in [0.2, 0.25) is 0 Å². The molecule has 1 unspecified atom stereocenters. The quantitative estimate of drug-likeness (QED) is 0.501. The van der Waals surface area contributed by atoms with Gasteiger partial charge in [0.25, 0.3) is 0 Å². The third-order valence-electron chi connectivity index (χ3n) is 4.66. The predicted octanol–water partition coefficient (Wildman–Crippen LogP) is 5.60. The molecule has 0 aliphatic heterocycles. The average Bonchev–Trinajstić information content (AvgIpc) is 3.10. The molecule has 4 aromatic rings. The zero-order valence-electron chi connectivity index (χ0n) is 14.9. The van der Waals surface area contributed by atoms with Gasteiger partial charge in [-0.25, -0.2) is 9.37 Å². The summed E-state index contributed by atoms with van der Waals surface area (Å²) in [5.41, 5.74) is 3.98. The minimum atomic E-state index is -0.290. The van der Waals surface area contributed by atoms with Gasteiger partial charge in [-0.15, -0.1) is 0 Å². The second kappa shape index (κ2) is 7.00. The van der Waals surface area contributed by atoms with Crippen molar-refractivity contribution in [2.24, 2.45) is 7.05 Å². The molecule has 6 heteroatoms. The van der Waals surface area contributed by atoms with Crippen LogP contribution in [0.25, 0.3) is 22.2 Å². The van der Waals surface area contributed by atoms with Crippen molar-refractivity contribution in [2.45, 2.75) is 13.0 Å². The van der Waals surface area contributed by atoms with Crippen LogP contribution in [-0.2, 0) is 7.05 Å². The molecule has 0 amide bonds. The van der Waals surface area contributed by atoms with E-state index in [0.717, 1.165) is 27.8 Å². The van der Waals surface area contributed by atoms with Crippen LogP contribution in [0.1, 0.15) is 18.5 Å². The lowest BCUT2D eigenvalue weighted by atomic mass is 10.0. The normalized spacial score (nSPS) is 12.3. The zero-order valence-corrected chi connectivity index (χ0v) is 15.7. The van der Waals surface area contributed by atoms with Gasteiger partial charge >= 0.3 is 0 Å². The Bertz CT molecular complexity index is 1120. The first kappa shape index (κ1) is 17.5. The van der Waals surface area contributed by atoms with E-state index in [4.69, 9.17) is 11.6 Å². The SMILES string of the molecule is CC(Nc1c(Cl)cnc2ccccc12)c1cc(-c2cncn2C)ccc1F. The molecule has 0 saturated carbocycles. The Kier molecular flexibility index (Phi) is 4.54. The van der Waals surface area contributed by atoms with Gasteiger partial charge in [0.1, 0.15) is 5.82 Å². The van der Waals surface area contributed by atoms with Crippen molar-refractivity contribution < 1.29 is 4.39 Å². The third kappa shape index (κ3) is 3.26. The Hall–Kier alpha value is -2.92. The van der Waals surface area contributed by atoms with Gasteiger partial charge in [-0.05, 0) is 31.2 Å². The van der Waals surface area contributed by atoms with Crippen molar-refractivity contribution in [2.75, 3.05) is 5.32 Å². The molecule has 1 N–H and O–H groups in total. The maximum absolute atomic E-state index is 14.6. The molecule has 0 bridgehead atoms. The number of rotatable bonds is 4. The number of pyridine rings is 1. The summed E-state index contributed by atoms with van der Waals surface area (Å²) in [5, 5.41) is 4.77. The van der Waals surface area contributed by atoms with Crippen molar-refractivity contribution in [3.63, 3.8) is 0 Å². The number of benzene rings is 2. The summed E-state index contributed by atoms with van der Waals surface area (Å²) in [7, 11) is 1.91. The summed E-state index contributed by atoms with van der Waals surface area (Å²) in [4.78, 5) is 8.48. The lowest BCUT2D eigenvalue weighted by molar-refractivity contribution is 0.600. The molecule has 0 aliphatic rings. The van der Waals surface area contributed by atoms with E-state index in [9.17, 15) is 4.39 Å². The summed E-state index contributed by atoms with van der Waals surface area (Å²) in [5.74, 6) is -0.268. The number of hydrogen-bond acceptors (Lipinski definition) is 3. The maximum Gasteiger partial charge on any atom is 0.128 e. The van der Waals surface area contributed by atoms with Crippen LogP contribution in [0.5, 0.6) is 0 Å². The van der Waals surface area contributed by atoms with Crippen LogP contribution in [0.15, 0.2) is 61.2 Å². The molecule has 1 atom stereocenters. The zero-order chi connectivity index (χ0) is 19.0. The molecular weight excluding hydrogens is 363 g/mol. The summed E-state index contributed by atoms with van der Waals surface area (Å²) in [6, 6.07) is 12.5. The largest absolute Gasteiger partial charge is 0.377 e. The highest BCUT2D eigenvalue weighted by Crippen LogP contribution is 2.34. The fourth-order valence-electron chi connectivity index (χ4n) is 3.23. The average molecular weight is 381 g/mol. The lowest BCUT2D eigenvalue weighted by Gasteiger charge is -2.19. The van der Waals surface area contributed by atoms with Gasteiger partial charge in [-0.2, -0.15) is 0 Å². The minimum absolute atomic E-state index is 0.268. The molecule has 2 heterocycles. The monoisotopic (exact) mass is 380 g/mol. The van der Waals surface area contributed by atoms with Crippen molar-refractivity contribution in [1.82, 2.24) is 14.5 Å². The third-order valence-corrected chi connectivity index (χ3v) is 4.95. The van der Waals surface area contributed by atoms with Gasteiger partial charge in [-0.3, -0.25) is 4.98 Å². The summed E-state index contributed by atoms with van der Waals surface area (Å²) in [6.07, 6.45) is 5.10. The molecule has 27 heavy (non-hydrogen) atoms. The van der Waals surface area contributed by atoms with Crippen molar-refractivity contribution in [3.8, 4) is 11.3 Å². The highest BCUT2D eigenvalue weighted by Gasteiger charge is 2.16. The highest BCUT2D eigenvalue weighted by molar-refractivity contribution is 6.34. The summed E-state index contributed by atoms with van der Waals surface area (Å²) in [6.45, 7) is 1.91. The Morgan fingerprint density at radius 3 is 2.74 bits per heavy atom. The van der Waals surface area contributed by atoms with E-state index in [1.54, 1.807) is 24.8 Å². The first-order valence-corrected chi connectivity index (χ1v) is 8.98. The van der Waals surface area contributed by atoms with Gasteiger partial charge in [0.05, 0.1) is 40.5 Å². The van der Waals surface area contributed by atoms with Crippen LogP contribution >= 0.6 is 11.6 Å². The summed E-state index contributed by atoms with van der Waals surface area (Å²) >= 11 is 6.38. The van der Waals surface area contributed by atoms with Crippen LogP contribution in [0.2, 0.25) is 5.02 Å². The van der Waals surface area contributed by atoms with Crippen LogP contribution in [0, 0.1) is 5.82 Å². The summed E-state index contributed by atoms with van der Waals surface area (Å²) < 4.78 is 16.5. The lowest BCUT2D eigenvalue weighted by Crippen LogP contribution is -2.10. The number of para-hydroxylation sites is 1. The van der Waals surface area contributed by atoms with E-state index in [0.29, 0.717) is 10.6 Å². The van der Waals surface area contributed by atoms with Gasteiger partial charge in [0.15, 0.2) is 0 Å². The molecule has 4 rings (SSSR count). The van der Waals surface area contributed by atoms with E-state index in [1.807, 2.05) is 48.9 Å². The topological polar surface area (TPSA) is 42.7 Å². The molecule has 0 aliphatic carbocycles. The van der Waals surface area contributed by atoms with Crippen molar-refractivity contribution in [3.05, 3.63) is 77.6 Å². The molecule has 0 fully saturated rings. The Balaban J connectivity index is 1.73. The fourth-order valence-corrected chi connectivity index (χ4v) is 3.43. The van der Waals surface area contributed by atoms with E-state index in [1.165, 1.54) is 6.07 Å². The molecule has 0 radical (unpaired) electrons. The molecule has 4 nitrogen and oxygen atoms in total. The Morgan fingerprint density at radius 2 is 1.96 bits per heavy atom. The number of nitrogens with one attached hydrogen (secondary N) is 1. The van der Waals surface area contributed by atoms with Crippen LogP contribution in [0.4, 0.5) is 10.1 Å². The van der Waals surface area contributed by atoms with Gasteiger partial charge in [0, 0.05) is 29.8 Å². The molecule has 136 valence electrons. The van der Waals surface area contributed by atoms with E-state index in [-0.39, 0.29) is 11.9 Å². The smallest absolute Gasteiger partial charge is 0.128 e. The van der Waals surface area contributed by atoms with E-state index < -0.39 is 0 Å². The van der Waals surface area contributed by atoms with E-state index in [2.05, 4.69) is 15.3 Å². The second-order valence-corrected chi connectivity index (χ2v) is 6.90. The standard InChI is InChI=1S/C21H18ClFN4/c1-13(26-21-15-5-3-4-6-19(15)25-10-17(21)22)16-9-14(7-8-18(16)23)20-11-24-12-27(20)2/h3-13H,1-2H3,(H,25,26). The molecule has 0 spiro atoms. The molecule has 0 saturated heterocycles. The predicted molar refractivity (Wildman–Crippen MR) is 107 cm³/mol. The number of aryl methyl sites for hydroxylation is 1. The number of nitrogens with zero attached hydrogens (tertiary/aromatic N) is 3. The molecular formula is C21H18ClFN4. The molecule has 2 aromatic heterocycles. The van der Waals surface area contributed by atoms with Crippen LogP contribution in [0.3, 0.4) is 0 Å². The number of fused-ring (bicyclic) bond motifs is 1. The number of anilines is 1. The Labute approximate surface area is 161 Å². The first-order chi connectivity index (χ1) is 13.0. The van der Waals surface area contributed by atoms with Crippen LogP contribution in [-0.4, -0.2) is 14.5 Å². The van der Waals surface area contributed by atoms with Gasteiger partial charge < -0.3 is 9.88 Å². The molecule has 2 aromatic carbocycles. The first-order valence-electron chi connectivity index (χ1n) is 8.60. The van der Waals surface area contributed by atoms with Crippen LogP contribution < -0.4 is 5.32 Å². The second-order valence-electron chi connectivity index (χ2n) is 6.49. The highest BCUT2D eigenvalue weighted by atomic mass is 35.5. The minimum Gasteiger partial charge on any atom is -0.377 e. The van der Waals surface area contributed by atoms with Crippen molar-refractivity contribution >= 4 is 28.2 Å². The number of imidazole rings is 1. The van der Waals surface area contributed by atoms with Crippen molar-refractivity contribution in [1.29, 1.82) is 0 Å². The Morgan fingerprint density at radius 1 is 1.15 bits per heavy atom. The van der Waals surface area contributed by atoms with E-state index >= 15 is 0 Å². The fraction of sp³-hybridized carbons (Fsp3) is 0.143.